The van der Waals surface area contributed by atoms with E-state index in [1.807, 2.05) is 48.5 Å². The van der Waals surface area contributed by atoms with Gasteiger partial charge >= 0.3 is 0 Å². The van der Waals surface area contributed by atoms with Crippen molar-refractivity contribution in [1.29, 1.82) is 0 Å². The number of phenolic OH excluding ortho intramolecular Hbond substituents is 1. The summed E-state index contributed by atoms with van der Waals surface area (Å²) in [5.74, 6) is 4.95. The molecule has 11 nitrogen and oxygen atoms in total. The minimum Gasteiger partial charge on any atom is -0.507 e. The van der Waals surface area contributed by atoms with Gasteiger partial charge in [0.1, 0.15) is 76.7 Å². The van der Waals surface area contributed by atoms with Crippen LogP contribution in [0.1, 0.15) is 112 Å². The van der Waals surface area contributed by atoms with E-state index in [0.717, 1.165) is 140 Å². The summed E-state index contributed by atoms with van der Waals surface area (Å²) in [7, 11) is 0. The summed E-state index contributed by atoms with van der Waals surface area (Å²) in [6, 6.07) is 0. The van der Waals surface area contributed by atoms with Gasteiger partial charge in [-0.25, -0.2) is 0 Å². The fraction of sp³-hybridized carbons (Fsp3) is 0.554. The average Bonchev–Trinajstić information content (AvgIpc) is 4.23. The summed E-state index contributed by atoms with van der Waals surface area (Å²) < 4.78 is 39.5. The van der Waals surface area contributed by atoms with E-state index in [-0.39, 0.29) is 38.8 Å². The van der Waals surface area contributed by atoms with Crippen molar-refractivity contribution in [1.82, 2.24) is 10.2 Å². The Morgan fingerprint density at radius 2 is 0.926 bits per heavy atom. The molecule has 8 rings (SSSR count). The van der Waals surface area contributed by atoms with Crippen LogP contribution in [0, 0.1) is 111 Å². The van der Waals surface area contributed by atoms with Gasteiger partial charge in [-0.2, -0.15) is 0 Å². The Balaban J connectivity index is 0.000000249. The number of nitrogens with zero attached hydrogens (tertiary/aromatic N) is 1. The molecule has 12 heteroatoms. The number of likely N-dealkylation sites (N-methyl/N-ethyl adjacent to an activating group) is 1. The summed E-state index contributed by atoms with van der Waals surface area (Å²) >= 11 is 0. The molecule has 2 aliphatic rings. The molecule has 2 saturated heterocycles. The van der Waals surface area contributed by atoms with Gasteiger partial charge in [-0.1, -0.05) is 27.7 Å². The van der Waals surface area contributed by atoms with E-state index < -0.39 is 6.10 Å². The molecule has 2 fully saturated rings. The summed E-state index contributed by atoms with van der Waals surface area (Å²) in [5, 5.41) is 26.6. The number of phenols is 1. The van der Waals surface area contributed by atoms with E-state index in [9.17, 15) is 10.2 Å². The van der Waals surface area contributed by atoms with Crippen molar-refractivity contribution in [3.63, 3.8) is 0 Å². The molecule has 375 valence electrons. The summed E-state index contributed by atoms with van der Waals surface area (Å²) in [5.41, 5.74) is 16.3. The summed E-state index contributed by atoms with van der Waals surface area (Å²) in [6.07, 6.45) is 0.0960. The number of ether oxygens (including phenoxy) is 4. The summed E-state index contributed by atoms with van der Waals surface area (Å²) in [4.78, 5) is 2.20. The van der Waals surface area contributed by atoms with Crippen molar-refractivity contribution >= 4 is 32.9 Å². The Hall–Kier alpha value is -3.42. The Bertz CT molecular complexity index is 2610. The molecule has 2 aliphatic heterocycles. The number of hydrogen-bond acceptors (Lipinski definition) is 11. The number of aliphatic hydroxyl groups is 1. The fourth-order valence-corrected chi connectivity index (χ4v) is 7.97. The van der Waals surface area contributed by atoms with Crippen LogP contribution in [0.2, 0.25) is 0 Å². The second kappa shape index (κ2) is 26.2. The van der Waals surface area contributed by atoms with E-state index >= 15 is 0 Å². The third kappa shape index (κ3) is 13.9. The maximum Gasteiger partial charge on any atom is 0.141 e. The Morgan fingerprint density at radius 1 is 0.559 bits per heavy atom. The number of epoxide rings is 2. The van der Waals surface area contributed by atoms with Crippen molar-refractivity contribution in [3.05, 3.63) is 91.0 Å². The zero-order chi connectivity index (χ0) is 50.2. The second-order valence-electron chi connectivity index (χ2n) is 18.2. The quantitative estimate of drug-likeness (QED) is 0.0798. The topological polar surface area (TPSA) is 139 Å². The zero-order valence-corrected chi connectivity index (χ0v) is 47.9. The van der Waals surface area contributed by atoms with Gasteiger partial charge < -0.3 is 59.6 Å². The number of aromatic hydroxyl groups is 1. The van der Waals surface area contributed by atoms with Gasteiger partial charge in [-0.3, -0.25) is 0 Å². The van der Waals surface area contributed by atoms with Crippen molar-refractivity contribution in [3.8, 4) is 17.2 Å². The van der Waals surface area contributed by atoms with Gasteiger partial charge in [-0.15, -0.1) is 0 Å². The maximum absolute atomic E-state index is 10.3. The molecule has 3 atom stereocenters. The Labute approximate surface area is 432 Å². The van der Waals surface area contributed by atoms with Crippen molar-refractivity contribution in [2.24, 2.45) is 0 Å². The molecule has 3 N–H and O–H groups in total. The Kier molecular flexibility index (Phi) is 22.7. The smallest absolute Gasteiger partial charge is 0.141 e. The van der Waals surface area contributed by atoms with Gasteiger partial charge in [0.2, 0.25) is 0 Å². The number of rotatable bonds is 12. The molecule has 0 spiro atoms. The molecule has 3 aromatic carbocycles. The number of fused-ring (bicyclic) bond motifs is 3. The molecule has 6 aromatic rings. The second-order valence-corrected chi connectivity index (χ2v) is 18.2. The number of benzene rings is 3. The van der Waals surface area contributed by atoms with Gasteiger partial charge in [0.05, 0.1) is 22.8 Å². The minimum atomic E-state index is -0.505. The zero-order valence-electron chi connectivity index (χ0n) is 45.1. The third-order valence-corrected chi connectivity index (χ3v) is 13.8. The first-order chi connectivity index (χ1) is 31.6. The predicted molar refractivity (Wildman–Crippen MR) is 275 cm³/mol. The van der Waals surface area contributed by atoms with Gasteiger partial charge in [0, 0.05) is 62.6 Å². The normalized spacial score (nSPS) is 15.1. The van der Waals surface area contributed by atoms with Crippen molar-refractivity contribution in [2.75, 3.05) is 59.2 Å². The largest absolute Gasteiger partial charge is 0.507 e. The molecule has 3 unspecified atom stereocenters. The van der Waals surface area contributed by atoms with E-state index in [4.69, 9.17) is 27.5 Å². The van der Waals surface area contributed by atoms with Gasteiger partial charge in [-0.05, 0) is 186 Å². The van der Waals surface area contributed by atoms with E-state index in [0.29, 0.717) is 31.6 Å². The number of nitrogens with one attached hydrogen (secondary N) is 1. The predicted octanol–water partition coefficient (Wildman–Crippen LogP) is 12.3. The molecular weight excluding hydrogens is 934 g/mol. The van der Waals surface area contributed by atoms with Crippen LogP contribution in [0.3, 0.4) is 0 Å². The van der Waals surface area contributed by atoms with Crippen LogP contribution in [0.5, 0.6) is 17.2 Å². The standard InChI is InChI=1S/C20H31NO3.C16H20O3.C13H16O2.C4H11N.C3H5O.Y/c1-8-21(9-2)10-17(22)11-23-19-13(4)12(3)14(5)20-18(19)15(6)16(7)24-20;1-8-9(2)15(18-7-13-6-17-13)14-11(4)12(5)19-16(14)10(8)3;1-6-7(2)12(14)11-9(4)10(5)15-13(11)8(6)3;1-3-5-4-2;1-3-2-4-3;/h17,22H,8-11H2,1-7H3;13H,6-7H2,1-5H3;14H,1-5H3;5H,3-4H2,1-2H3;3H,1-2H2;/q;;;;-1;. The number of aryl methyl sites for hydroxylation is 9. The molecule has 0 amide bonds. The first-order valence-electron chi connectivity index (χ1n) is 24.2. The Morgan fingerprint density at radius 3 is 1.28 bits per heavy atom. The van der Waals surface area contributed by atoms with Crippen molar-refractivity contribution in [2.45, 2.75) is 150 Å². The average molecular weight is 1020 g/mol. The fourth-order valence-electron chi connectivity index (χ4n) is 7.97. The first kappa shape index (κ1) is 58.9. The van der Waals surface area contributed by atoms with E-state index in [1.165, 1.54) is 27.8 Å². The van der Waals surface area contributed by atoms with E-state index in [1.54, 1.807) is 0 Å². The number of hydrogen-bond donors (Lipinski definition) is 3. The molecule has 68 heavy (non-hydrogen) atoms. The van der Waals surface area contributed by atoms with Gasteiger partial charge in [0.15, 0.2) is 0 Å². The van der Waals surface area contributed by atoms with E-state index in [2.05, 4.69) is 105 Å². The molecule has 1 radical (unpaired) electrons. The van der Waals surface area contributed by atoms with Crippen LogP contribution in [0.25, 0.3) is 32.9 Å². The first-order valence-corrected chi connectivity index (χ1v) is 24.2. The molecule has 0 bridgehead atoms. The van der Waals surface area contributed by atoms with Crippen LogP contribution in [-0.4, -0.2) is 92.6 Å². The maximum atomic E-state index is 10.3. The minimum absolute atomic E-state index is 0. The molecular formula is C56H83N2O9Y-. The molecule has 3 aromatic heterocycles. The van der Waals surface area contributed by atoms with Crippen LogP contribution in [0.4, 0.5) is 0 Å². The third-order valence-electron chi connectivity index (χ3n) is 13.8. The SMILES string of the molecule is CCN(CC)CC(O)COc1c(C)c(C)c(C)c2oc(C)c(C)c12.CCNCC.Cc1oc2c(C)c(C)c(C)c(O)c2c1C.Cc1oc2c(C)c(C)c(C)c(OCC3CO3)c2c1C.[CH2-]C1CO1.[Y]. The van der Waals surface area contributed by atoms with Gasteiger partial charge in [0.25, 0.3) is 0 Å². The van der Waals surface area contributed by atoms with Crippen molar-refractivity contribution < 1.29 is 75.1 Å². The number of aliphatic hydroxyl groups excluding tert-OH is 1. The molecule has 5 heterocycles. The van der Waals surface area contributed by atoms with Crippen LogP contribution >= 0.6 is 0 Å². The van der Waals surface area contributed by atoms with Crippen LogP contribution in [0.15, 0.2) is 13.3 Å². The molecule has 0 aliphatic carbocycles. The van der Waals surface area contributed by atoms with Crippen LogP contribution in [-0.2, 0) is 42.2 Å². The van der Waals surface area contributed by atoms with Crippen LogP contribution < -0.4 is 14.8 Å². The number of furan rings is 3. The summed E-state index contributed by atoms with van der Waals surface area (Å²) in [6.45, 7) is 49.9. The molecule has 0 saturated carbocycles. The monoisotopic (exact) mass is 1020 g/mol.